The number of carbonyl (C=O) groups is 2. The fourth-order valence-electron chi connectivity index (χ4n) is 6.26. The molecule has 0 radical (unpaired) electrons. The van der Waals surface area contributed by atoms with Gasteiger partial charge in [0.15, 0.2) is 0 Å². The second kappa shape index (κ2) is 14.1. The van der Waals surface area contributed by atoms with Crippen LogP contribution in [0.3, 0.4) is 0 Å². The van der Waals surface area contributed by atoms with Crippen LogP contribution >= 0.6 is 0 Å². The van der Waals surface area contributed by atoms with E-state index in [1.165, 1.54) is 0 Å². The van der Waals surface area contributed by atoms with E-state index >= 15 is 0 Å². The Kier molecular flexibility index (Phi) is 10.8. The summed E-state index contributed by atoms with van der Waals surface area (Å²) < 4.78 is 0. The first-order chi connectivity index (χ1) is 19.9. The Bertz CT molecular complexity index is 1180. The predicted octanol–water partition coefficient (Wildman–Crippen LogP) is 2.67. The van der Waals surface area contributed by atoms with Gasteiger partial charge in [-0.2, -0.15) is 0 Å². The molecule has 4 N–H and O–H groups in total. The number of rotatable bonds is 11. The molecule has 1 aromatic heterocycles. The lowest BCUT2D eigenvalue weighted by atomic mass is 9.90. The van der Waals surface area contributed by atoms with Crippen molar-refractivity contribution in [1.82, 2.24) is 25.4 Å². The predicted molar refractivity (Wildman–Crippen MR) is 163 cm³/mol. The molecule has 9 heteroatoms. The zero-order chi connectivity index (χ0) is 30.4. The van der Waals surface area contributed by atoms with Crippen molar-refractivity contribution in [2.24, 2.45) is 11.8 Å². The monoisotopic (exact) mass is 579 g/mol. The van der Waals surface area contributed by atoms with Gasteiger partial charge in [0.1, 0.15) is 6.04 Å². The van der Waals surface area contributed by atoms with Gasteiger partial charge in [0.2, 0.25) is 11.8 Å². The molecule has 5 atom stereocenters. The third-order valence-corrected chi connectivity index (χ3v) is 8.14. The zero-order valence-corrected chi connectivity index (χ0v) is 25.8. The summed E-state index contributed by atoms with van der Waals surface area (Å²) in [6.45, 7) is 13.0. The molecule has 0 saturated carbocycles. The number of hydrogen-bond donors (Lipinski definition) is 4. The maximum absolute atomic E-state index is 13.5. The van der Waals surface area contributed by atoms with E-state index in [1.54, 1.807) is 6.20 Å². The average molecular weight is 580 g/mol. The Morgan fingerprint density at radius 1 is 1.10 bits per heavy atom. The zero-order valence-electron chi connectivity index (χ0n) is 25.8. The number of hydrogen-bond acceptors (Lipinski definition) is 7. The van der Waals surface area contributed by atoms with Crippen molar-refractivity contribution in [3.8, 4) is 0 Å². The number of aromatic nitrogens is 1. The highest BCUT2D eigenvalue weighted by Crippen LogP contribution is 2.32. The summed E-state index contributed by atoms with van der Waals surface area (Å²) in [6.07, 6.45) is 3.59. The third kappa shape index (κ3) is 8.83. The van der Waals surface area contributed by atoms with Crippen molar-refractivity contribution in [2.75, 3.05) is 26.2 Å². The van der Waals surface area contributed by atoms with Gasteiger partial charge in [0.05, 0.1) is 18.2 Å². The smallest absolute Gasteiger partial charge is 0.239 e. The van der Waals surface area contributed by atoms with E-state index in [0.717, 1.165) is 23.2 Å². The van der Waals surface area contributed by atoms with Crippen molar-refractivity contribution < 1.29 is 19.8 Å². The van der Waals surface area contributed by atoms with Gasteiger partial charge in [-0.05, 0) is 62.3 Å². The molecule has 1 aliphatic carbocycles. The Hall–Kier alpha value is -2.85. The summed E-state index contributed by atoms with van der Waals surface area (Å²) in [4.78, 5) is 35.5. The molecule has 1 saturated heterocycles. The normalized spacial score (nSPS) is 22.9. The minimum absolute atomic E-state index is 0.0593. The topological polar surface area (TPSA) is 118 Å². The van der Waals surface area contributed by atoms with Crippen molar-refractivity contribution in [3.63, 3.8) is 0 Å². The Morgan fingerprint density at radius 3 is 2.55 bits per heavy atom. The number of fused-ring (bicyclic) bond motifs is 1. The van der Waals surface area contributed by atoms with Crippen LogP contribution in [0.5, 0.6) is 0 Å². The van der Waals surface area contributed by atoms with Gasteiger partial charge in [-0.25, -0.2) is 0 Å². The lowest BCUT2D eigenvalue weighted by Gasteiger charge is -2.42. The third-order valence-electron chi connectivity index (χ3n) is 8.14. The molecule has 230 valence electrons. The highest BCUT2D eigenvalue weighted by Gasteiger charge is 2.37. The molecule has 2 aromatic rings. The maximum Gasteiger partial charge on any atom is 0.239 e. The molecular formula is C33H49N5O4. The minimum atomic E-state index is -0.782. The van der Waals surface area contributed by atoms with Crippen LogP contribution in [0.1, 0.15) is 70.2 Å². The molecule has 0 unspecified atom stereocenters. The minimum Gasteiger partial charge on any atom is -0.392 e. The SMILES string of the molecule is CC(C)C[C@H](C[C@H](O)CN1CCN(Cc2cccnc2)C[C@H]1C(=O)NC(C)(C)C)C(=O)N[C@H]1c2ccccc2C[C@H]1O. The Morgan fingerprint density at radius 2 is 1.86 bits per heavy atom. The van der Waals surface area contributed by atoms with E-state index < -0.39 is 30.2 Å². The van der Waals surface area contributed by atoms with Crippen LogP contribution in [0, 0.1) is 11.8 Å². The number of aliphatic hydroxyl groups excluding tert-OH is 2. The first-order valence-electron chi connectivity index (χ1n) is 15.3. The van der Waals surface area contributed by atoms with Crippen LogP contribution in [-0.4, -0.2) is 86.8 Å². The van der Waals surface area contributed by atoms with Crippen molar-refractivity contribution in [1.29, 1.82) is 0 Å². The van der Waals surface area contributed by atoms with Crippen LogP contribution in [0.15, 0.2) is 48.8 Å². The Balaban J connectivity index is 1.42. The summed E-state index contributed by atoms with van der Waals surface area (Å²) >= 11 is 0. The number of carbonyl (C=O) groups excluding carboxylic acids is 2. The molecule has 9 nitrogen and oxygen atoms in total. The van der Waals surface area contributed by atoms with E-state index in [4.69, 9.17) is 0 Å². The molecule has 4 rings (SSSR count). The summed E-state index contributed by atoms with van der Waals surface area (Å²) in [6, 6.07) is 10.9. The molecule has 1 aromatic carbocycles. The van der Waals surface area contributed by atoms with Gasteiger partial charge in [-0.3, -0.25) is 24.4 Å². The first-order valence-corrected chi connectivity index (χ1v) is 15.3. The van der Waals surface area contributed by atoms with Gasteiger partial charge in [0.25, 0.3) is 0 Å². The number of pyridine rings is 1. The summed E-state index contributed by atoms with van der Waals surface area (Å²) in [5.74, 6) is -0.355. The van der Waals surface area contributed by atoms with E-state index in [2.05, 4.69) is 39.3 Å². The van der Waals surface area contributed by atoms with Gasteiger partial charge < -0.3 is 20.8 Å². The molecule has 2 aliphatic rings. The summed E-state index contributed by atoms with van der Waals surface area (Å²) in [5.41, 5.74) is 2.73. The molecular weight excluding hydrogens is 530 g/mol. The van der Waals surface area contributed by atoms with Crippen LogP contribution in [0.4, 0.5) is 0 Å². The number of benzene rings is 1. The van der Waals surface area contributed by atoms with Crippen LogP contribution in [0.2, 0.25) is 0 Å². The van der Waals surface area contributed by atoms with Crippen LogP contribution < -0.4 is 10.6 Å². The van der Waals surface area contributed by atoms with Gasteiger partial charge >= 0.3 is 0 Å². The second-order valence-electron chi connectivity index (χ2n) is 13.5. The first kappa shape index (κ1) is 32.1. The highest BCUT2D eigenvalue weighted by molar-refractivity contribution is 5.83. The van der Waals surface area contributed by atoms with Crippen molar-refractivity contribution >= 4 is 11.8 Å². The van der Waals surface area contributed by atoms with Crippen molar-refractivity contribution in [2.45, 2.75) is 90.3 Å². The fraction of sp³-hybridized carbons (Fsp3) is 0.606. The quantitative estimate of drug-likeness (QED) is 0.323. The van der Waals surface area contributed by atoms with Gasteiger partial charge in [-0.15, -0.1) is 0 Å². The number of piperazine rings is 1. The maximum atomic E-state index is 13.5. The molecule has 2 heterocycles. The van der Waals surface area contributed by atoms with E-state index in [9.17, 15) is 19.8 Å². The standard InChI is InChI=1S/C33H49N5O4/c1-22(2)15-25(31(41)35-30-27-11-7-6-10-24(27)17-29(30)40)16-26(39)20-38-14-13-37(19-23-9-8-12-34-18-23)21-28(38)32(42)36-33(3,4)5/h6-12,18,22,25-26,28-30,39-40H,13-17,19-21H2,1-5H3,(H,35,41)(H,36,42)/t25-,26+,28+,29-,30+/m1/s1. The second-order valence-corrected chi connectivity index (χ2v) is 13.5. The van der Waals surface area contributed by atoms with Crippen LogP contribution in [0.25, 0.3) is 0 Å². The van der Waals surface area contributed by atoms with Crippen LogP contribution in [-0.2, 0) is 22.6 Å². The van der Waals surface area contributed by atoms with E-state index in [1.807, 2.05) is 63.4 Å². The number of nitrogens with zero attached hydrogens (tertiary/aromatic N) is 3. The number of β-amino-alcohol motifs (C(OH)–C–C–N with tert-alkyl or cyclic N) is 1. The fourth-order valence-corrected chi connectivity index (χ4v) is 6.26. The average Bonchev–Trinajstić information content (AvgIpc) is 3.23. The summed E-state index contributed by atoms with van der Waals surface area (Å²) in [7, 11) is 0. The van der Waals surface area contributed by atoms with E-state index in [0.29, 0.717) is 39.0 Å². The Labute approximate surface area is 250 Å². The molecule has 1 fully saturated rings. The van der Waals surface area contributed by atoms with Gasteiger partial charge in [-0.1, -0.05) is 44.2 Å². The molecule has 1 aliphatic heterocycles. The van der Waals surface area contributed by atoms with Gasteiger partial charge in [0, 0.05) is 63.0 Å². The number of amides is 2. The highest BCUT2D eigenvalue weighted by atomic mass is 16.3. The summed E-state index contributed by atoms with van der Waals surface area (Å²) in [5, 5.41) is 28.2. The lowest BCUT2D eigenvalue weighted by Crippen LogP contribution is -2.61. The number of nitrogens with one attached hydrogen (secondary N) is 2. The van der Waals surface area contributed by atoms with E-state index in [-0.39, 0.29) is 29.7 Å². The molecule has 0 spiro atoms. The molecule has 42 heavy (non-hydrogen) atoms. The van der Waals surface area contributed by atoms with Crippen molar-refractivity contribution in [3.05, 3.63) is 65.5 Å². The lowest BCUT2D eigenvalue weighted by molar-refractivity contribution is -0.132. The molecule has 2 amide bonds. The largest absolute Gasteiger partial charge is 0.392 e. The number of aliphatic hydroxyl groups is 2. The molecule has 0 bridgehead atoms.